The highest BCUT2D eigenvalue weighted by Gasteiger charge is 2.41. The molecule has 4 unspecified atom stereocenters. The van der Waals surface area contributed by atoms with Crippen molar-refractivity contribution in [2.45, 2.75) is 65.0 Å². The quantitative estimate of drug-likeness (QED) is 0.662. The van der Waals surface area contributed by atoms with Gasteiger partial charge >= 0.3 is 5.97 Å². The van der Waals surface area contributed by atoms with E-state index in [0.29, 0.717) is 0 Å². The summed E-state index contributed by atoms with van der Waals surface area (Å²) in [6, 6.07) is -4.69. The first-order valence-corrected chi connectivity index (χ1v) is 9.58. The number of ether oxygens (including phenoxy) is 3. The molecule has 2 N–H and O–H groups in total. The van der Waals surface area contributed by atoms with E-state index in [1.54, 1.807) is 13.8 Å². The second-order valence-corrected chi connectivity index (χ2v) is 7.59. The Morgan fingerprint density at radius 3 is 2.90 bits per heavy atom. The Labute approximate surface area is 203 Å². The Balaban J connectivity index is 2.43. The third-order valence-corrected chi connectivity index (χ3v) is 5.08. The zero-order chi connectivity index (χ0) is 36.0. The molecule has 0 amide bonds. The smallest absolute Gasteiger partial charge is 0.323 e. The van der Waals surface area contributed by atoms with E-state index in [4.69, 9.17) is 40.5 Å². The van der Waals surface area contributed by atoms with Crippen LogP contribution in [0.2, 0.25) is 0 Å². The molecule has 1 aromatic rings. The first kappa shape index (κ1) is 9.78. The van der Waals surface area contributed by atoms with Crippen LogP contribution < -0.4 is 15.2 Å². The normalized spacial score (nSPS) is 41.8. The van der Waals surface area contributed by atoms with Crippen LogP contribution in [0.15, 0.2) is 12.1 Å². The van der Waals surface area contributed by atoms with Crippen molar-refractivity contribution in [1.29, 1.82) is 0 Å². The molecular weight excluding hydrogens is 380 g/mol. The van der Waals surface area contributed by atoms with E-state index >= 15 is 0 Å². The number of nitrogens with zero attached hydrogens (tertiary/aromatic N) is 1. The fourth-order valence-corrected chi connectivity index (χ4v) is 3.39. The van der Waals surface area contributed by atoms with E-state index in [1.165, 1.54) is 0 Å². The van der Waals surface area contributed by atoms with E-state index in [2.05, 4.69) is 0 Å². The number of hydrogen-bond donors (Lipinski definition) is 1. The van der Waals surface area contributed by atoms with Crippen molar-refractivity contribution in [3.63, 3.8) is 0 Å². The average Bonchev–Trinajstić information content (AvgIpc) is 2.86. The van der Waals surface area contributed by atoms with Crippen LogP contribution in [0.25, 0.3) is 0 Å². The zero-order valence-corrected chi connectivity index (χ0v) is 17.4. The van der Waals surface area contributed by atoms with Crippen molar-refractivity contribution in [3.8, 4) is 11.5 Å². The fourth-order valence-electron chi connectivity index (χ4n) is 3.39. The zero-order valence-electron chi connectivity index (χ0n) is 33.4. The van der Waals surface area contributed by atoms with Gasteiger partial charge in [-0.05, 0) is 47.8 Å². The first-order chi connectivity index (χ1) is 20.4. The molecular formula is C24H38N2O4. The predicted octanol–water partition coefficient (Wildman–Crippen LogP) is 3.56. The van der Waals surface area contributed by atoms with Crippen LogP contribution in [0, 0.1) is 17.7 Å². The van der Waals surface area contributed by atoms with Gasteiger partial charge in [-0.3, -0.25) is 9.69 Å². The summed E-state index contributed by atoms with van der Waals surface area (Å²) in [5.41, 5.74) is 4.71. The first-order valence-electron chi connectivity index (χ1n) is 17.6. The molecule has 5 atom stereocenters. The van der Waals surface area contributed by atoms with Crippen LogP contribution in [0.5, 0.6) is 11.5 Å². The third kappa shape index (κ3) is 4.75. The number of piperidine rings is 1. The van der Waals surface area contributed by atoms with E-state index in [1.807, 2.05) is 0 Å². The minimum absolute atomic E-state index is 0.505. The molecule has 3 rings (SSSR count). The van der Waals surface area contributed by atoms with Crippen LogP contribution in [-0.4, -0.2) is 50.2 Å². The van der Waals surface area contributed by atoms with Gasteiger partial charge in [0.1, 0.15) is 12.1 Å². The highest BCUT2D eigenvalue weighted by molar-refractivity contribution is 5.76. The number of hydrogen-bond acceptors (Lipinski definition) is 6. The summed E-state index contributed by atoms with van der Waals surface area (Å²) < 4.78 is 151. The van der Waals surface area contributed by atoms with E-state index < -0.39 is 123 Å². The molecule has 1 fully saturated rings. The number of carbonyl (C=O) groups is 1. The second-order valence-electron chi connectivity index (χ2n) is 7.59. The standard InChI is InChI=1S/C24H38N2O4/c1-14(2)9-17-13-26-8-7-16-10-21(28-5)22(29-6)11-18(16)19(26)12-20(17)30-24(27)23(25)15(3)4/h10-11,14-15,17,19-20,23H,7-9,12-13,25H2,1-6H3/t17?,19?,20?,23-/m0/s1/i1D3,6D3,7D2,8D2,9D2,10D,11D,14D,20D/t14?,17?,19?,20?,23-. The number of methoxy groups -OCH3 is 2. The number of carbonyl (C=O) groups excluding carboxylic acids is 1. The molecule has 2 aliphatic rings. The molecule has 1 aromatic carbocycles. The molecule has 2 heterocycles. The largest absolute Gasteiger partial charge is 0.493 e. The van der Waals surface area contributed by atoms with Gasteiger partial charge in [0.2, 0.25) is 0 Å². The third-order valence-electron chi connectivity index (χ3n) is 5.08. The van der Waals surface area contributed by atoms with Crippen molar-refractivity contribution in [2.24, 2.45) is 23.5 Å². The van der Waals surface area contributed by atoms with Gasteiger partial charge in [-0.2, -0.15) is 0 Å². The maximum absolute atomic E-state index is 13.2. The van der Waals surface area contributed by atoms with Crippen LogP contribution in [-0.2, 0) is 15.9 Å². The summed E-state index contributed by atoms with van der Waals surface area (Å²) in [5, 5.41) is 0. The van der Waals surface area contributed by atoms with Crippen LogP contribution in [0.3, 0.4) is 0 Å². The molecule has 0 aromatic heterocycles. The van der Waals surface area contributed by atoms with E-state index in [9.17, 15) is 6.17 Å². The highest BCUT2D eigenvalue weighted by Crippen LogP contribution is 2.44. The van der Waals surface area contributed by atoms with Crippen molar-refractivity contribution in [2.75, 3.05) is 27.2 Å². The topological polar surface area (TPSA) is 74.0 Å². The Hall–Kier alpha value is -1.79. The van der Waals surface area contributed by atoms with Gasteiger partial charge in [0.15, 0.2) is 11.5 Å². The molecule has 168 valence electrons. The monoisotopic (exact) mass is 434 g/mol. The average molecular weight is 435 g/mol. The summed E-state index contributed by atoms with van der Waals surface area (Å²) in [6.45, 7) is -3.60. The van der Waals surface area contributed by atoms with Crippen LogP contribution in [0.1, 0.15) is 79.5 Å². The van der Waals surface area contributed by atoms with Crippen molar-refractivity contribution >= 4 is 5.97 Å². The Bertz CT molecular complexity index is 1360. The molecule has 0 radical (unpaired) electrons. The molecule has 1 saturated heterocycles. The highest BCUT2D eigenvalue weighted by atomic mass is 16.5. The summed E-state index contributed by atoms with van der Waals surface area (Å²) in [5.74, 6) is -8.30. The van der Waals surface area contributed by atoms with Crippen LogP contribution in [0.4, 0.5) is 0 Å². The Morgan fingerprint density at radius 2 is 2.23 bits per heavy atom. The maximum atomic E-state index is 13.2. The molecule has 6 heteroatoms. The number of nitrogens with two attached hydrogens (primary N) is 1. The molecule has 6 nitrogen and oxygen atoms in total. The summed E-state index contributed by atoms with van der Waals surface area (Å²) in [7, 11) is -2.18. The van der Waals surface area contributed by atoms with Crippen molar-refractivity contribution < 1.29 is 40.9 Å². The predicted molar refractivity (Wildman–Crippen MR) is 118 cm³/mol. The molecule has 0 aliphatic carbocycles. The van der Waals surface area contributed by atoms with E-state index in [-0.39, 0.29) is 0 Å². The number of benzene rings is 1. The lowest BCUT2D eigenvalue weighted by atomic mass is 9.79. The van der Waals surface area contributed by atoms with Gasteiger partial charge in [0.25, 0.3) is 0 Å². The van der Waals surface area contributed by atoms with E-state index in [0.717, 1.165) is 18.9 Å². The van der Waals surface area contributed by atoms with Gasteiger partial charge in [-0.1, -0.05) is 27.6 Å². The lowest BCUT2D eigenvalue weighted by Gasteiger charge is -2.47. The molecule has 0 saturated carbocycles. The van der Waals surface area contributed by atoms with Crippen molar-refractivity contribution in [3.05, 3.63) is 23.2 Å². The maximum Gasteiger partial charge on any atom is 0.323 e. The molecule has 0 bridgehead atoms. The summed E-state index contributed by atoms with van der Waals surface area (Å²) >= 11 is 0. The Kier molecular flexibility index (Phi) is 3.12. The Morgan fingerprint density at radius 1 is 1.47 bits per heavy atom. The number of rotatable bonds is 7. The van der Waals surface area contributed by atoms with Crippen molar-refractivity contribution in [1.82, 2.24) is 4.90 Å². The van der Waals surface area contributed by atoms with Gasteiger partial charge in [-0.15, -0.1) is 0 Å². The lowest BCUT2D eigenvalue weighted by molar-refractivity contribution is -0.160. The number of esters is 1. The summed E-state index contributed by atoms with van der Waals surface area (Å²) in [6.07, 6.45) is -10.2. The fraction of sp³-hybridized carbons (Fsp3) is 0.708. The minimum Gasteiger partial charge on any atom is -0.493 e. The van der Waals surface area contributed by atoms with Gasteiger partial charge in [0, 0.05) is 45.1 Å². The number of fused-ring (bicyclic) bond motifs is 3. The van der Waals surface area contributed by atoms with Gasteiger partial charge < -0.3 is 19.9 Å². The second kappa shape index (κ2) is 9.56. The van der Waals surface area contributed by atoms with Gasteiger partial charge in [0.05, 0.1) is 22.4 Å². The minimum atomic E-state index is -3.30. The molecule has 0 spiro atoms. The lowest BCUT2D eigenvalue weighted by Crippen LogP contribution is -2.51. The van der Waals surface area contributed by atoms with Gasteiger partial charge in [-0.25, -0.2) is 0 Å². The SMILES string of the molecule is [2H]c1c(OC([2H])([2H])[2H])c(OC)c([2H])c2c1C1CC([2H])(OC(=O)[C@@H](N)C(C)C)C(C([2H])([2H])C([2H])(C)C([2H])([2H])[2H])CN1C([2H])([2H])C2([2H])[2H]. The van der Waals surface area contributed by atoms with Crippen LogP contribution >= 0.6 is 0 Å². The molecule has 30 heavy (non-hydrogen) atoms. The molecule has 2 aliphatic heterocycles. The summed E-state index contributed by atoms with van der Waals surface area (Å²) in [4.78, 5) is 13.9.